The number of halogens is 1. The van der Waals surface area contributed by atoms with Gasteiger partial charge >= 0.3 is 12.0 Å². The zero-order chi connectivity index (χ0) is 14.5. The Morgan fingerprint density at radius 3 is 2.53 bits per heavy atom. The van der Waals surface area contributed by atoms with Crippen molar-refractivity contribution >= 4 is 23.6 Å². The Bertz CT molecular complexity index is 479. The molecule has 3 N–H and O–H groups in total. The van der Waals surface area contributed by atoms with Gasteiger partial charge < -0.3 is 15.7 Å². The molecule has 0 fully saturated rings. The van der Waals surface area contributed by atoms with Gasteiger partial charge in [-0.15, -0.1) is 0 Å². The number of benzene rings is 1. The minimum atomic E-state index is -1.27. The number of carbonyl (C=O) groups is 2. The molecule has 0 radical (unpaired) electrons. The van der Waals surface area contributed by atoms with Gasteiger partial charge in [0.1, 0.15) is 5.54 Å². The van der Waals surface area contributed by atoms with E-state index in [0.29, 0.717) is 11.4 Å². The normalized spacial score (nSPS) is 13.4. The van der Waals surface area contributed by atoms with Crippen LogP contribution in [0.15, 0.2) is 24.3 Å². The van der Waals surface area contributed by atoms with Crippen LogP contribution in [-0.4, -0.2) is 22.6 Å². The quantitative estimate of drug-likeness (QED) is 0.777. The highest BCUT2D eigenvalue weighted by atomic mass is 35.5. The minimum absolute atomic E-state index is 0.241. The molecule has 0 aliphatic rings. The monoisotopic (exact) mass is 284 g/mol. The number of rotatable bonds is 5. The molecule has 1 aromatic carbocycles. The first-order chi connectivity index (χ1) is 8.89. The van der Waals surface area contributed by atoms with E-state index in [9.17, 15) is 9.59 Å². The lowest BCUT2D eigenvalue weighted by Crippen LogP contribution is -2.54. The van der Waals surface area contributed by atoms with Crippen molar-refractivity contribution in [1.82, 2.24) is 10.6 Å². The van der Waals surface area contributed by atoms with E-state index in [0.717, 1.165) is 5.56 Å². The van der Waals surface area contributed by atoms with Crippen LogP contribution in [0.25, 0.3) is 0 Å². The second kappa shape index (κ2) is 6.43. The molecule has 0 heterocycles. The molecular formula is C13H17ClN2O3. The van der Waals surface area contributed by atoms with Crippen molar-refractivity contribution < 1.29 is 14.7 Å². The fourth-order valence-corrected chi connectivity index (χ4v) is 1.61. The highest BCUT2D eigenvalue weighted by molar-refractivity contribution is 6.31. The van der Waals surface area contributed by atoms with E-state index in [4.69, 9.17) is 16.7 Å². The molecule has 19 heavy (non-hydrogen) atoms. The second-order valence-corrected chi connectivity index (χ2v) is 4.80. The zero-order valence-corrected chi connectivity index (χ0v) is 11.6. The number of nitrogens with one attached hydrogen (secondary N) is 2. The Hall–Kier alpha value is -1.75. The van der Waals surface area contributed by atoms with E-state index in [2.05, 4.69) is 10.6 Å². The van der Waals surface area contributed by atoms with Gasteiger partial charge in [0.2, 0.25) is 0 Å². The van der Waals surface area contributed by atoms with Crippen LogP contribution >= 0.6 is 11.6 Å². The van der Waals surface area contributed by atoms with Gasteiger partial charge in [-0.25, -0.2) is 9.59 Å². The van der Waals surface area contributed by atoms with E-state index in [1.54, 1.807) is 25.1 Å². The van der Waals surface area contributed by atoms with Crippen molar-refractivity contribution in [1.29, 1.82) is 0 Å². The van der Waals surface area contributed by atoms with Crippen LogP contribution in [-0.2, 0) is 11.3 Å². The summed E-state index contributed by atoms with van der Waals surface area (Å²) in [5.41, 5.74) is -0.502. The zero-order valence-electron chi connectivity index (χ0n) is 10.9. The maximum atomic E-state index is 11.7. The summed E-state index contributed by atoms with van der Waals surface area (Å²) in [6.07, 6.45) is 0.293. The first kappa shape index (κ1) is 15.3. The molecule has 5 nitrogen and oxygen atoms in total. The predicted molar refractivity (Wildman–Crippen MR) is 73.2 cm³/mol. The van der Waals surface area contributed by atoms with Crippen LogP contribution in [0, 0.1) is 0 Å². The Morgan fingerprint density at radius 1 is 1.37 bits per heavy atom. The van der Waals surface area contributed by atoms with Crippen molar-refractivity contribution in [3.63, 3.8) is 0 Å². The maximum Gasteiger partial charge on any atom is 0.329 e. The summed E-state index contributed by atoms with van der Waals surface area (Å²) >= 11 is 5.95. The van der Waals surface area contributed by atoms with Crippen molar-refractivity contribution in [2.24, 2.45) is 0 Å². The number of hydrogen-bond acceptors (Lipinski definition) is 2. The van der Waals surface area contributed by atoms with Gasteiger partial charge in [-0.3, -0.25) is 0 Å². The van der Waals surface area contributed by atoms with Gasteiger partial charge in [0.15, 0.2) is 0 Å². The Balaban J connectivity index is 2.57. The number of carboxylic acid groups (broad SMARTS) is 1. The minimum Gasteiger partial charge on any atom is -0.480 e. The first-order valence-electron chi connectivity index (χ1n) is 5.92. The van der Waals surface area contributed by atoms with Gasteiger partial charge in [-0.1, -0.05) is 36.7 Å². The van der Waals surface area contributed by atoms with Gasteiger partial charge in [0, 0.05) is 11.6 Å². The van der Waals surface area contributed by atoms with Crippen LogP contribution in [0.5, 0.6) is 0 Å². The van der Waals surface area contributed by atoms with Gasteiger partial charge in [-0.05, 0) is 25.0 Å². The lowest BCUT2D eigenvalue weighted by Gasteiger charge is -2.24. The van der Waals surface area contributed by atoms with E-state index in [1.165, 1.54) is 6.92 Å². The highest BCUT2D eigenvalue weighted by Crippen LogP contribution is 2.14. The van der Waals surface area contributed by atoms with E-state index < -0.39 is 17.5 Å². The molecule has 0 bridgehead atoms. The van der Waals surface area contributed by atoms with Crippen molar-refractivity contribution in [2.45, 2.75) is 32.4 Å². The number of carboxylic acids is 1. The van der Waals surface area contributed by atoms with Crippen molar-refractivity contribution in [3.8, 4) is 0 Å². The van der Waals surface area contributed by atoms with E-state index >= 15 is 0 Å². The fourth-order valence-electron chi connectivity index (χ4n) is 1.41. The fraction of sp³-hybridized carbons (Fsp3) is 0.385. The molecule has 6 heteroatoms. The molecule has 1 rings (SSSR count). The van der Waals surface area contributed by atoms with E-state index in [-0.39, 0.29) is 6.54 Å². The molecule has 1 unspecified atom stereocenters. The Morgan fingerprint density at radius 2 is 2.00 bits per heavy atom. The van der Waals surface area contributed by atoms with Gasteiger partial charge in [-0.2, -0.15) is 0 Å². The summed E-state index contributed by atoms with van der Waals surface area (Å²) in [5.74, 6) is -1.07. The molecule has 104 valence electrons. The summed E-state index contributed by atoms with van der Waals surface area (Å²) in [5, 5.41) is 14.6. The molecule has 1 atom stereocenters. The predicted octanol–water partition coefficient (Wildman–Crippen LogP) is 2.39. The SMILES string of the molecule is CCC(C)(NC(=O)NCc1ccccc1Cl)C(=O)O. The average molecular weight is 285 g/mol. The summed E-state index contributed by atoms with van der Waals surface area (Å²) in [7, 11) is 0. The summed E-state index contributed by atoms with van der Waals surface area (Å²) in [6.45, 7) is 3.40. The van der Waals surface area contributed by atoms with E-state index in [1.807, 2.05) is 6.07 Å². The third-order valence-electron chi connectivity index (χ3n) is 2.97. The lowest BCUT2D eigenvalue weighted by atomic mass is 10.00. The van der Waals surface area contributed by atoms with Gasteiger partial charge in [0.05, 0.1) is 0 Å². The molecule has 0 saturated carbocycles. The third kappa shape index (κ3) is 4.13. The van der Waals surface area contributed by atoms with Crippen LogP contribution in [0.4, 0.5) is 4.79 Å². The highest BCUT2D eigenvalue weighted by Gasteiger charge is 2.32. The van der Waals surface area contributed by atoms with Gasteiger partial charge in [0.25, 0.3) is 0 Å². The van der Waals surface area contributed by atoms with Crippen LogP contribution in [0.3, 0.4) is 0 Å². The standard InChI is InChI=1S/C13H17ClN2O3/c1-3-13(2,11(17)18)16-12(19)15-8-9-6-4-5-7-10(9)14/h4-7H,3,8H2,1-2H3,(H,17,18)(H2,15,16,19). The number of amides is 2. The number of urea groups is 1. The van der Waals surface area contributed by atoms with Crippen LogP contribution in [0.2, 0.25) is 5.02 Å². The number of hydrogen-bond donors (Lipinski definition) is 3. The Kier molecular flexibility index (Phi) is 5.18. The molecular weight excluding hydrogens is 268 g/mol. The maximum absolute atomic E-state index is 11.7. The molecule has 2 amide bonds. The number of carbonyl (C=O) groups excluding carboxylic acids is 1. The summed E-state index contributed by atoms with van der Waals surface area (Å²) < 4.78 is 0. The summed E-state index contributed by atoms with van der Waals surface area (Å²) in [4.78, 5) is 22.7. The largest absolute Gasteiger partial charge is 0.480 e. The summed E-state index contributed by atoms with van der Waals surface area (Å²) in [6, 6.07) is 6.59. The van der Waals surface area contributed by atoms with Crippen molar-refractivity contribution in [2.75, 3.05) is 0 Å². The molecule has 0 aliphatic carbocycles. The third-order valence-corrected chi connectivity index (χ3v) is 3.33. The molecule has 0 spiro atoms. The Labute approximate surface area is 117 Å². The molecule has 0 saturated heterocycles. The second-order valence-electron chi connectivity index (χ2n) is 4.39. The van der Waals surface area contributed by atoms with Crippen LogP contribution in [0.1, 0.15) is 25.8 Å². The average Bonchev–Trinajstić information content (AvgIpc) is 2.37. The smallest absolute Gasteiger partial charge is 0.329 e. The van der Waals surface area contributed by atoms with Crippen LogP contribution < -0.4 is 10.6 Å². The number of aliphatic carboxylic acids is 1. The molecule has 1 aromatic rings. The molecule has 0 aromatic heterocycles. The first-order valence-corrected chi connectivity index (χ1v) is 6.29. The lowest BCUT2D eigenvalue weighted by molar-refractivity contribution is -0.143. The molecule has 0 aliphatic heterocycles. The topological polar surface area (TPSA) is 78.4 Å². The van der Waals surface area contributed by atoms with Crippen molar-refractivity contribution in [3.05, 3.63) is 34.9 Å².